The molecule has 1 aromatic rings. The molecule has 0 radical (unpaired) electrons. The van der Waals surface area contributed by atoms with E-state index in [1.165, 1.54) is 18.2 Å². The molecule has 1 aliphatic rings. The van der Waals surface area contributed by atoms with E-state index >= 15 is 0 Å². The number of hydrogen-bond donors (Lipinski definition) is 2. The SMILES string of the molecule is COC(=O)C1=C(/C=N\O)NC(C)=C(C(=O)OC(C)C)C1c1ccccc1[N+](=O)[O-]. The van der Waals surface area contributed by atoms with Crippen molar-refractivity contribution in [3.63, 3.8) is 0 Å². The summed E-state index contributed by atoms with van der Waals surface area (Å²) in [5, 5.41) is 26.4. The summed E-state index contributed by atoms with van der Waals surface area (Å²) in [6.07, 6.45) is 0.502. The summed E-state index contributed by atoms with van der Waals surface area (Å²) in [7, 11) is 1.14. The van der Waals surface area contributed by atoms with Crippen LogP contribution >= 0.6 is 0 Å². The lowest BCUT2D eigenvalue weighted by molar-refractivity contribution is -0.385. The predicted molar refractivity (Wildman–Crippen MR) is 102 cm³/mol. The second-order valence-corrected chi connectivity index (χ2v) is 6.43. The van der Waals surface area contributed by atoms with Crippen molar-refractivity contribution in [2.24, 2.45) is 5.16 Å². The molecular weight excluding hydrogens is 382 g/mol. The molecule has 154 valence electrons. The molecular formula is C19H21N3O7. The number of nitro groups is 1. The van der Waals surface area contributed by atoms with Gasteiger partial charge in [-0.2, -0.15) is 0 Å². The highest BCUT2D eigenvalue weighted by atomic mass is 16.6. The fourth-order valence-electron chi connectivity index (χ4n) is 3.11. The van der Waals surface area contributed by atoms with E-state index in [4.69, 9.17) is 14.7 Å². The molecule has 10 nitrogen and oxygen atoms in total. The number of dihydropyridines is 1. The van der Waals surface area contributed by atoms with Gasteiger partial charge in [0, 0.05) is 17.3 Å². The van der Waals surface area contributed by atoms with Crippen LogP contribution in [0.2, 0.25) is 0 Å². The second kappa shape index (κ2) is 9.00. The molecule has 1 aliphatic heterocycles. The van der Waals surface area contributed by atoms with E-state index in [0.717, 1.165) is 13.3 Å². The van der Waals surface area contributed by atoms with Gasteiger partial charge in [0.15, 0.2) is 0 Å². The third-order valence-corrected chi connectivity index (χ3v) is 4.19. The lowest BCUT2D eigenvalue weighted by atomic mass is 9.79. The number of rotatable bonds is 6. The number of hydrogen-bond acceptors (Lipinski definition) is 9. The molecule has 10 heteroatoms. The number of esters is 2. The van der Waals surface area contributed by atoms with Crippen LogP contribution in [0.5, 0.6) is 0 Å². The number of nitrogens with zero attached hydrogens (tertiary/aromatic N) is 2. The molecule has 1 unspecified atom stereocenters. The molecule has 0 fully saturated rings. The number of carbonyl (C=O) groups excluding carboxylic acids is 2. The smallest absolute Gasteiger partial charge is 0.337 e. The van der Waals surface area contributed by atoms with Gasteiger partial charge in [-0.05, 0) is 20.8 Å². The first-order valence-electron chi connectivity index (χ1n) is 8.64. The van der Waals surface area contributed by atoms with Gasteiger partial charge in [-0.1, -0.05) is 23.4 Å². The van der Waals surface area contributed by atoms with Crippen LogP contribution in [-0.4, -0.2) is 41.5 Å². The highest BCUT2D eigenvalue weighted by Gasteiger charge is 2.41. The molecule has 29 heavy (non-hydrogen) atoms. The maximum Gasteiger partial charge on any atom is 0.337 e. The van der Waals surface area contributed by atoms with Crippen LogP contribution in [0, 0.1) is 10.1 Å². The molecule has 1 atom stereocenters. The minimum atomic E-state index is -1.18. The first-order chi connectivity index (χ1) is 13.7. The molecule has 0 aromatic heterocycles. The fourth-order valence-corrected chi connectivity index (χ4v) is 3.11. The monoisotopic (exact) mass is 403 g/mol. The third kappa shape index (κ3) is 4.42. The lowest BCUT2D eigenvalue weighted by Crippen LogP contribution is -2.34. The van der Waals surface area contributed by atoms with Gasteiger partial charge >= 0.3 is 11.9 Å². The average Bonchev–Trinajstić information content (AvgIpc) is 2.66. The Balaban J connectivity index is 2.85. The Morgan fingerprint density at radius 1 is 1.28 bits per heavy atom. The highest BCUT2D eigenvalue weighted by Crippen LogP contribution is 2.42. The van der Waals surface area contributed by atoms with Crippen LogP contribution in [0.4, 0.5) is 5.69 Å². The van der Waals surface area contributed by atoms with E-state index in [9.17, 15) is 19.7 Å². The number of allylic oxidation sites excluding steroid dienone is 2. The summed E-state index contributed by atoms with van der Waals surface area (Å²) in [4.78, 5) is 36.5. The van der Waals surface area contributed by atoms with E-state index in [-0.39, 0.29) is 28.1 Å². The Bertz CT molecular complexity index is 931. The fraction of sp³-hybridized carbons (Fsp3) is 0.316. The van der Waals surface area contributed by atoms with Crippen LogP contribution in [0.15, 0.2) is 52.0 Å². The maximum absolute atomic E-state index is 12.9. The van der Waals surface area contributed by atoms with E-state index < -0.39 is 28.9 Å². The van der Waals surface area contributed by atoms with Crippen molar-refractivity contribution in [1.29, 1.82) is 0 Å². The van der Waals surface area contributed by atoms with Crippen LogP contribution in [-0.2, 0) is 19.1 Å². The van der Waals surface area contributed by atoms with Gasteiger partial charge in [0.2, 0.25) is 0 Å². The Kier molecular flexibility index (Phi) is 6.71. The van der Waals surface area contributed by atoms with Crippen molar-refractivity contribution < 1.29 is 29.2 Å². The summed E-state index contributed by atoms with van der Waals surface area (Å²) in [5.74, 6) is -2.77. The standard InChI is InChI=1S/C19H21N3O7/c1-10(2)29-19(24)15-11(3)21-13(9-20-25)17(18(23)28-4)16(15)12-7-5-6-8-14(12)22(26)27/h5-10,16,21,25H,1-4H3/b20-9-. The molecule has 0 spiro atoms. The van der Waals surface area contributed by atoms with Crippen molar-refractivity contribution in [3.05, 3.63) is 62.5 Å². The number of nitrogens with one attached hydrogen (secondary N) is 1. The molecule has 1 heterocycles. The zero-order chi connectivity index (χ0) is 21.7. The molecule has 0 saturated heterocycles. The Morgan fingerprint density at radius 2 is 1.93 bits per heavy atom. The van der Waals surface area contributed by atoms with E-state index in [1.807, 2.05) is 0 Å². The number of benzene rings is 1. The Hall–Kier alpha value is -3.69. The minimum Gasteiger partial charge on any atom is -0.466 e. The molecule has 0 amide bonds. The van der Waals surface area contributed by atoms with E-state index in [2.05, 4.69) is 10.5 Å². The first kappa shape index (κ1) is 21.6. The molecule has 2 rings (SSSR count). The topological polar surface area (TPSA) is 140 Å². The van der Waals surface area contributed by atoms with Crippen LogP contribution in [0.25, 0.3) is 0 Å². The van der Waals surface area contributed by atoms with Gasteiger partial charge in [-0.15, -0.1) is 0 Å². The van der Waals surface area contributed by atoms with Crippen molar-refractivity contribution >= 4 is 23.8 Å². The van der Waals surface area contributed by atoms with E-state index in [0.29, 0.717) is 5.70 Å². The van der Waals surface area contributed by atoms with Crippen molar-refractivity contribution in [2.45, 2.75) is 32.8 Å². The summed E-state index contributed by atoms with van der Waals surface area (Å²) in [6.45, 7) is 4.87. The normalized spacial score (nSPS) is 16.8. The number of para-hydroxylation sites is 1. The van der Waals surface area contributed by atoms with Crippen molar-refractivity contribution in [3.8, 4) is 0 Å². The van der Waals surface area contributed by atoms with Gasteiger partial charge < -0.3 is 20.0 Å². The third-order valence-electron chi connectivity index (χ3n) is 4.19. The second-order valence-electron chi connectivity index (χ2n) is 6.43. The summed E-state index contributed by atoms with van der Waals surface area (Å²) < 4.78 is 10.1. The van der Waals surface area contributed by atoms with Gasteiger partial charge in [-0.3, -0.25) is 10.1 Å². The quantitative estimate of drug-likeness (QED) is 0.243. The largest absolute Gasteiger partial charge is 0.466 e. The zero-order valence-corrected chi connectivity index (χ0v) is 16.3. The number of methoxy groups -OCH3 is 1. The van der Waals surface area contributed by atoms with Gasteiger partial charge in [0.05, 0.1) is 47.1 Å². The van der Waals surface area contributed by atoms with Crippen molar-refractivity contribution in [2.75, 3.05) is 7.11 Å². The highest BCUT2D eigenvalue weighted by molar-refractivity contribution is 6.04. The molecule has 2 N–H and O–H groups in total. The summed E-state index contributed by atoms with van der Waals surface area (Å²) in [6, 6.07) is 5.75. The number of ether oxygens (including phenoxy) is 2. The Morgan fingerprint density at radius 3 is 2.48 bits per heavy atom. The van der Waals surface area contributed by atoms with Gasteiger partial charge in [-0.25, -0.2) is 9.59 Å². The van der Waals surface area contributed by atoms with Gasteiger partial charge in [0.1, 0.15) is 0 Å². The van der Waals surface area contributed by atoms with E-state index in [1.54, 1.807) is 26.8 Å². The van der Waals surface area contributed by atoms with Crippen LogP contribution in [0.3, 0.4) is 0 Å². The number of oxime groups is 1. The molecule has 1 aromatic carbocycles. The van der Waals surface area contributed by atoms with Crippen molar-refractivity contribution in [1.82, 2.24) is 5.32 Å². The average molecular weight is 403 g/mol. The molecule has 0 aliphatic carbocycles. The lowest BCUT2D eigenvalue weighted by Gasteiger charge is -2.30. The molecule has 0 saturated carbocycles. The number of nitro benzene ring substituents is 1. The van der Waals surface area contributed by atoms with Crippen LogP contribution < -0.4 is 5.32 Å². The molecule has 0 bridgehead atoms. The zero-order valence-electron chi connectivity index (χ0n) is 16.3. The predicted octanol–water partition coefficient (Wildman–Crippen LogP) is 2.39. The number of carbonyl (C=O) groups is 2. The maximum atomic E-state index is 12.9. The summed E-state index contributed by atoms with van der Waals surface area (Å²) >= 11 is 0. The van der Waals surface area contributed by atoms with Gasteiger partial charge in [0.25, 0.3) is 5.69 Å². The Labute approximate surface area is 166 Å². The minimum absolute atomic E-state index is 0.0171. The van der Waals surface area contributed by atoms with Crippen LogP contribution in [0.1, 0.15) is 32.3 Å². The first-order valence-corrected chi connectivity index (χ1v) is 8.64. The summed E-state index contributed by atoms with van der Waals surface area (Å²) in [5.41, 5.74) is 0.0360.